The average Bonchev–Trinajstić information content (AvgIpc) is 3.17. The van der Waals surface area contributed by atoms with Crippen molar-refractivity contribution in [3.05, 3.63) is 65.5 Å². The van der Waals surface area contributed by atoms with Crippen molar-refractivity contribution in [3.63, 3.8) is 0 Å². The number of amides is 2. The Bertz CT molecular complexity index is 1050. The largest absolute Gasteiger partial charge is 0.444 e. The summed E-state index contributed by atoms with van der Waals surface area (Å²) in [6, 6.07) is 10.9. The molecule has 1 N–H and O–H groups in total. The number of nitrogens with zero attached hydrogens (tertiary/aromatic N) is 2. The fourth-order valence-electron chi connectivity index (χ4n) is 4.49. The van der Waals surface area contributed by atoms with Crippen molar-refractivity contribution in [2.24, 2.45) is 0 Å². The van der Waals surface area contributed by atoms with Crippen molar-refractivity contribution >= 4 is 12.0 Å². The minimum absolute atomic E-state index is 0.130. The van der Waals surface area contributed by atoms with E-state index in [9.17, 15) is 22.8 Å². The van der Waals surface area contributed by atoms with Crippen LogP contribution in [0.5, 0.6) is 0 Å². The van der Waals surface area contributed by atoms with Crippen LogP contribution >= 0.6 is 0 Å². The fourth-order valence-corrected chi connectivity index (χ4v) is 4.49. The summed E-state index contributed by atoms with van der Waals surface area (Å²) in [7, 11) is 0. The van der Waals surface area contributed by atoms with Crippen LogP contribution in [0, 0.1) is 0 Å². The number of nitrogens with one attached hydrogen (secondary N) is 1. The highest BCUT2D eigenvalue weighted by Crippen LogP contribution is 2.48. The molecule has 4 rings (SSSR count). The Balaban J connectivity index is 1.54. The highest BCUT2D eigenvalue weighted by Gasteiger charge is 2.46. The molecule has 2 aliphatic rings. The van der Waals surface area contributed by atoms with Gasteiger partial charge >= 0.3 is 6.09 Å². The molecule has 0 spiro atoms. The molecule has 1 saturated heterocycles. The molecule has 2 heterocycles. The van der Waals surface area contributed by atoms with Gasteiger partial charge in [-0.3, -0.25) is 14.7 Å². The Morgan fingerprint density at radius 1 is 1.14 bits per heavy atom. The maximum absolute atomic E-state index is 14.3. The molecule has 2 amide bonds. The second-order valence-corrected chi connectivity index (χ2v) is 10.3. The summed E-state index contributed by atoms with van der Waals surface area (Å²) in [4.78, 5) is 31.5. The number of carbonyl (C=O) groups is 2. The number of carbonyl (C=O) groups excluding carboxylic acids is 2. The molecule has 0 radical (unpaired) electrons. The topological polar surface area (TPSA) is 71.5 Å². The minimum atomic E-state index is -2.63. The third-order valence-corrected chi connectivity index (χ3v) is 6.27. The normalized spacial score (nSPS) is 22.9. The summed E-state index contributed by atoms with van der Waals surface area (Å²) in [5, 5.41) is 2.91. The van der Waals surface area contributed by atoms with E-state index in [2.05, 4.69) is 10.3 Å². The summed E-state index contributed by atoms with van der Waals surface area (Å²) >= 11 is 0. The van der Waals surface area contributed by atoms with E-state index in [-0.39, 0.29) is 31.7 Å². The van der Waals surface area contributed by atoms with Gasteiger partial charge in [0.2, 0.25) is 11.8 Å². The molecule has 188 valence electrons. The van der Waals surface area contributed by atoms with E-state index in [1.165, 1.54) is 0 Å². The van der Waals surface area contributed by atoms with Gasteiger partial charge in [-0.15, -0.1) is 0 Å². The Morgan fingerprint density at radius 3 is 2.40 bits per heavy atom. The van der Waals surface area contributed by atoms with Crippen molar-refractivity contribution in [3.8, 4) is 0 Å². The van der Waals surface area contributed by atoms with Crippen LogP contribution in [0.25, 0.3) is 0 Å². The minimum Gasteiger partial charge on any atom is -0.444 e. The van der Waals surface area contributed by atoms with Gasteiger partial charge in [0.05, 0.1) is 18.3 Å². The zero-order valence-electron chi connectivity index (χ0n) is 20.0. The van der Waals surface area contributed by atoms with E-state index >= 15 is 0 Å². The molecule has 1 aliphatic heterocycles. The van der Waals surface area contributed by atoms with Gasteiger partial charge in [0.25, 0.3) is 0 Å². The number of pyridine rings is 1. The number of likely N-dealkylation sites (tertiary alicyclic amines) is 1. The number of halogens is 3. The molecule has 1 aromatic carbocycles. The van der Waals surface area contributed by atoms with Crippen molar-refractivity contribution in [2.45, 2.75) is 75.7 Å². The Labute approximate surface area is 202 Å². The predicted octanol–water partition coefficient (Wildman–Crippen LogP) is 5.15. The van der Waals surface area contributed by atoms with Crippen LogP contribution in [0.3, 0.4) is 0 Å². The second-order valence-electron chi connectivity index (χ2n) is 10.3. The van der Waals surface area contributed by atoms with Gasteiger partial charge in [-0.1, -0.05) is 36.4 Å². The SMILES string of the molecule is CC(C)(C)OC(=O)N1CC(F)CC1C(=O)N[C@@H](c1ccccc1)c1ccc(C2CC(F)(F)C2)cn1. The van der Waals surface area contributed by atoms with Crippen LogP contribution in [-0.4, -0.2) is 52.2 Å². The number of hydrogen-bond donors (Lipinski definition) is 1. The van der Waals surface area contributed by atoms with Gasteiger partial charge < -0.3 is 10.1 Å². The number of rotatable bonds is 5. The standard InChI is InChI=1S/C26H30F3N3O3/c1-25(2,3)35-24(34)32-15-19(27)11-21(32)23(33)31-22(16-7-5-4-6-8-16)20-10-9-17(14-30-20)18-12-26(28,29)13-18/h4-10,14,18-19,21-22H,11-13,15H2,1-3H3,(H,31,33)/t19?,21?,22-/m0/s1. The first-order chi connectivity index (χ1) is 16.4. The van der Waals surface area contributed by atoms with E-state index in [4.69, 9.17) is 4.74 Å². The lowest BCUT2D eigenvalue weighted by Gasteiger charge is -2.35. The quantitative estimate of drug-likeness (QED) is 0.631. The van der Waals surface area contributed by atoms with E-state index in [1.54, 1.807) is 39.1 Å². The van der Waals surface area contributed by atoms with Crippen LogP contribution in [0.1, 0.15) is 68.8 Å². The summed E-state index contributed by atoms with van der Waals surface area (Å²) < 4.78 is 46.2. The predicted molar refractivity (Wildman–Crippen MR) is 124 cm³/mol. The number of hydrogen-bond acceptors (Lipinski definition) is 4. The van der Waals surface area contributed by atoms with Crippen LogP contribution in [0.2, 0.25) is 0 Å². The molecular weight excluding hydrogens is 459 g/mol. The van der Waals surface area contributed by atoms with E-state index in [0.29, 0.717) is 5.69 Å². The van der Waals surface area contributed by atoms with Gasteiger partial charge in [-0.05, 0) is 43.9 Å². The average molecular weight is 490 g/mol. The third kappa shape index (κ3) is 5.94. The van der Waals surface area contributed by atoms with E-state index in [1.807, 2.05) is 30.3 Å². The maximum Gasteiger partial charge on any atom is 0.411 e. The van der Waals surface area contributed by atoms with Crippen LogP contribution in [0.4, 0.5) is 18.0 Å². The zero-order valence-corrected chi connectivity index (χ0v) is 20.0. The third-order valence-electron chi connectivity index (χ3n) is 6.27. The summed E-state index contributed by atoms with van der Waals surface area (Å²) in [5.74, 6) is -3.38. The molecule has 2 fully saturated rings. The Morgan fingerprint density at radius 2 is 1.83 bits per heavy atom. The van der Waals surface area contributed by atoms with Crippen LogP contribution in [0.15, 0.2) is 48.7 Å². The number of benzene rings is 1. The summed E-state index contributed by atoms with van der Waals surface area (Å²) in [5.41, 5.74) is 1.20. The molecule has 6 nitrogen and oxygen atoms in total. The lowest BCUT2D eigenvalue weighted by Crippen LogP contribution is -2.48. The smallest absolute Gasteiger partial charge is 0.411 e. The van der Waals surface area contributed by atoms with Gasteiger partial charge in [0.15, 0.2) is 0 Å². The molecular formula is C26H30F3N3O3. The highest BCUT2D eigenvalue weighted by molar-refractivity contribution is 5.87. The first kappa shape index (κ1) is 25.0. The monoisotopic (exact) mass is 489 g/mol. The first-order valence-corrected chi connectivity index (χ1v) is 11.7. The van der Waals surface area contributed by atoms with Gasteiger partial charge in [-0.2, -0.15) is 0 Å². The lowest BCUT2D eigenvalue weighted by atomic mass is 9.77. The van der Waals surface area contributed by atoms with Crippen molar-refractivity contribution in [1.82, 2.24) is 15.2 Å². The molecule has 3 atom stereocenters. The molecule has 1 saturated carbocycles. The molecule has 1 aromatic heterocycles. The molecule has 2 unspecified atom stereocenters. The number of aromatic nitrogens is 1. The Kier molecular flexibility index (Phi) is 6.79. The number of ether oxygens (including phenoxy) is 1. The van der Waals surface area contributed by atoms with E-state index < -0.39 is 41.8 Å². The summed E-state index contributed by atoms with van der Waals surface area (Å²) in [6.07, 6.45) is -1.04. The maximum atomic E-state index is 14.3. The van der Waals surface area contributed by atoms with Crippen LogP contribution < -0.4 is 5.32 Å². The van der Waals surface area contributed by atoms with E-state index in [0.717, 1.165) is 16.0 Å². The highest BCUT2D eigenvalue weighted by atomic mass is 19.3. The molecule has 2 aromatic rings. The fraction of sp³-hybridized carbons (Fsp3) is 0.500. The second kappa shape index (κ2) is 9.51. The lowest BCUT2D eigenvalue weighted by molar-refractivity contribution is -0.126. The summed E-state index contributed by atoms with van der Waals surface area (Å²) in [6.45, 7) is 4.89. The molecule has 9 heteroatoms. The molecule has 0 bridgehead atoms. The number of alkyl halides is 3. The van der Waals surface area contributed by atoms with Gasteiger partial charge in [-0.25, -0.2) is 18.0 Å². The molecule has 35 heavy (non-hydrogen) atoms. The van der Waals surface area contributed by atoms with Gasteiger partial charge in [0, 0.05) is 25.5 Å². The van der Waals surface area contributed by atoms with Crippen molar-refractivity contribution < 1.29 is 27.5 Å². The molecule has 1 aliphatic carbocycles. The van der Waals surface area contributed by atoms with Crippen molar-refractivity contribution in [2.75, 3.05) is 6.54 Å². The zero-order chi connectivity index (χ0) is 25.4. The van der Waals surface area contributed by atoms with Crippen LogP contribution in [-0.2, 0) is 9.53 Å². The van der Waals surface area contributed by atoms with Crippen molar-refractivity contribution in [1.29, 1.82) is 0 Å². The van der Waals surface area contributed by atoms with Gasteiger partial charge in [0.1, 0.15) is 17.8 Å². The first-order valence-electron chi connectivity index (χ1n) is 11.7. The Hall–Kier alpha value is -3.10.